The van der Waals surface area contributed by atoms with E-state index in [0.29, 0.717) is 0 Å². The average Bonchev–Trinajstić information content (AvgIpc) is 2.53. The molecule has 0 aromatic heterocycles. The number of hydrogen-bond acceptors (Lipinski definition) is 1. The minimum absolute atomic E-state index is 0.949. The summed E-state index contributed by atoms with van der Waals surface area (Å²) >= 11 is 0. The third-order valence-corrected chi connectivity index (χ3v) is 3.77. The molecule has 0 aromatic carbocycles. The molecule has 1 unspecified atom stereocenters. The molecule has 1 aliphatic carbocycles. The molecule has 2 rings (SSSR count). The van der Waals surface area contributed by atoms with Crippen LogP contribution in [0.2, 0.25) is 0 Å². The van der Waals surface area contributed by atoms with Crippen molar-refractivity contribution in [1.82, 2.24) is 4.90 Å². The molecule has 12 heavy (non-hydrogen) atoms. The maximum absolute atomic E-state index is 2.59. The Morgan fingerprint density at radius 2 is 1.67 bits per heavy atom. The monoisotopic (exact) mass is 167 g/mol. The molecule has 0 spiro atoms. The van der Waals surface area contributed by atoms with E-state index < -0.39 is 0 Å². The predicted octanol–water partition coefficient (Wildman–Crippen LogP) is 2.66. The van der Waals surface area contributed by atoms with Crippen LogP contribution in [-0.4, -0.2) is 24.5 Å². The van der Waals surface area contributed by atoms with Crippen LogP contribution in [0.15, 0.2) is 0 Å². The zero-order valence-electron chi connectivity index (χ0n) is 8.26. The van der Waals surface area contributed by atoms with Crippen LogP contribution in [0.1, 0.15) is 44.9 Å². The summed E-state index contributed by atoms with van der Waals surface area (Å²) in [6.07, 6.45) is 10.4. The zero-order chi connectivity index (χ0) is 8.39. The molecule has 1 heterocycles. The lowest BCUT2D eigenvalue weighted by molar-refractivity contribution is 0.185. The van der Waals surface area contributed by atoms with Crippen molar-refractivity contribution in [2.75, 3.05) is 13.6 Å². The second-order valence-corrected chi connectivity index (χ2v) is 4.59. The SMILES string of the molecule is CN1CCCC1C1CCCCC1. The topological polar surface area (TPSA) is 3.24 Å². The minimum Gasteiger partial charge on any atom is -0.303 e. The highest BCUT2D eigenvalue weighted by Crippen LogP contribution is 2.33. The van der Waals surface area contributed by atoms with Crippen molar-refractivity contribution in [3.05, 3.63) is 0 Å². The Bertz CT molecular complexity index is 138. The maximum Gasteiger partial charge on any atom is 0.0121 e. The second kappa shape index (κ2) is 3.78. The average molecular weight is 167 g/mol. The summed E-state index contributed by atoms with van der Waals surface area (Å²) in [5, 5.41) is 0. The Hall–Kier alpha value is -0.0400. The van der Waals surface area contributed by atoms with E-state index in [-0.39, 0.29) is 0 Å². The normalized spacial score (nSPS) is 34.2. The van der Waals surface area contributed by atoms with Crippen LogP contribution in [0.3, 0.4) is 0 Å². The molecule has 1 saturated heterocycles. The summed E-state index contributed by atoms with van der Waals surface area (Å²) in [7, 11) is 2.31. The first-order valence-corrected chi connectivity index (χ1v) is 5.58. The van der Waals surface area contributed by atoms with Gasteiger partial charge in [0, 0.05) is 6.04 Å². The number of nitrogens with zero attached hydrogens (tertiary/aromatic N) is 1. The lowest BCUT2D eigenvalue weighted by atomic mass is 9.83. The fraction of sp³-hybridized carbons (Fsp3) is 1.00. The largest absolute Gasteiger partial charge is 0.303 e. The molecule has 0 N–H and O–H groups in total. The van der Waals surface area contributed by atoms with Gasteiger partial charge < -0.3 is 4.90 Å². The molecular formula is C11H21N. The molecule has 0 aromatic rings. The van der Waals surface area contributed by atoms with E-state index in [9.17, 15) is 0 Å². The molecule has 0 radical (unpaired) electrons. The first-order chi connectivity index (χ1) is 5.88. The van der Waals surface area contributed by atoms with Crippen molar-refractivity contribution in [3.8, 4) is 0 Å². The van der Waals surface area contributed by atoms with Gasteiger partial charge in [0.1, 0.15) is 0 Å². The minimum atomic E-state index is 0.949. The first-order valence-electron chi connectivity index (χ1n) is 5.58. The Morgan fingerprint density at radius 3 is 2.25 bits per heavy atom. The third kappa shape index (κ3) is 1.66. The standard InChI is InChI=1S/C11H21N/c1-12-9-5-8-11(12)10-6-3-2-4-7-10/h10-11H,2-9H2,1H3. The molecule has 2 fully saturated rings. The molecule has 70 valence electrons. The van der Waals surface area contributed by atoms with Crippen LogP contribution >= 0.6 is 0 Å². The highest BCUT2D eigenvalue weighted by molar-refractivity contribution is 4.84. The van der Waals surface area contributed by atoms with Gasteiger partial charge in [0.2, 0.25) is 0 Å². The summed E-state index contributed by atoms with van der Waals surface area (Å²) in [4.78, 5) is 2.59. The molecule has 1 heteroatoms. The van der Waals surface area contributed by atoms with Gasteiger partial charge in [-0.25, -0.2) is 0 Å². The van der Waals surface area contributed by atoms with Gasteiger partial charge >= 0.3 is 0 Å². The van der Waals surface area contributed by atoms with E-state index >= 15 is 0 Å². The van der Waals surface area contributed by atoms with Gasteiger partial charge in [-0.2, -0.15) is 0 Å². The van der Waals surface area contributed by atoms with Gasteiger partial charge in [-0.15, -0.1) is 0 Å². The molecule has 1 nitrogen and oxygen atoms in total. The summed E-state index contributed by atoms with van der Waals surface area (Å²) in [5.74, 6) is 1.05. The number of likely N-dealkylation sites (tertiary alicyclic amines) is 1. The Morgan fingerprint density at radius 1 is 0.917 bits per heavy atom. The molecule has 0 amide bonds. The Balaban J connectivity index is 1.89. The first kappa shape index (κ1) is 8.55. The summed E-state index contributed by atoms with van der Waals surface area (Å²) < 4.78 is 0. The summed E-state index contributed by atoms with van der Waals surface area (Å²) in [5.41, 5.74) is 0. The lowest BCUT2D eigenvalue weighted by Gasteiger charge is -2.31. The van der Waals surface area contributed by atoms with Gasteiger partial charge in [-0.3, -0.25) is 0 Å². The van der Waals surface area contributed by atoms with Crippen molar-refractivity contribution >= 4 is 0 Å². The van der Waals surface area contributed by atoms with E-state index in [1.165, 1.54) is 51.5 Å². The number of hydrogen-bond donors (Lipinski definition) is 0. The molecular weight excluding hydrogens is 146 g/mol. The summed E-state index contributed by atoms with van der Waals surface area (Å²) in [6.45, 7) is 1.35. The van der Waals surface area contributed by atoms with E-state index in [1.807, 2.05) is 0 Å². The van der Waals surface area contributed by atoms with Gasteiger partial charge in [-0.1, -0.05) is 19.3 Å². The number of rotatable bonds is 1. The quantitative estimate of drug-likeness (QED) is 0.580. The van der Waals surface area contributed by atoms with Crippen LogP contribution in [0.5, 0.6) is 0 Å². The fourth-order valence-corrected chi connectivity index (χ4v) is 3.05. The van der Waals surface area contributed by atoms with Gasteiger partial charge in [0.05, 0.1) is 0 Å². The maximum atomic E-state index is 2.59. The predicted molar refractivity (Wildman–Crippen MR) is 52.2 cm³/mol. The Kier molecular flexibility index (Phi) is 2.69. The van der Waals surface area contributed by atoms with Crippen LogP contribution in [0.25, 0.3) is 0 Å². The Labute approximate surface area is 76.1 Å². The molecule has 0 bridgehead atoms. The van der Waals surface area contributed by atoms with Crippen molar-refractivity contribution in [2.45, 2.75) is 51.0 Å². The van der Waals surface area contributed by atoms with Crippen molar-refractivity contribution < 1.29 is 0 Å². The highest BCUT2D eigenvalue weighted by Gasteiger charge is 2.29. The zero-order valence-corrected chi connectivity index (χ0v) is 8.26. The van der Waals surface area contributed by atoms with E-state index in [1.54, 1.807) is 0 Å². The molecule has 2 aliphatic rings. The third-order valence-electron chi connectivity index (χ3n) is 3.77. The van der Waals surface area contributed by atoms with Crippen molar-refractivity contribution in [1.29, 1.82) is 0 Å². The van der Waals surface area contributed by atoms with Crippen LogP contribution < -0.4 is 0 Å². The molecule has 1 aliphatic heterocycles. The van der Waals surface area contributed by atoms with Gasteiger partial charge in [-0.05, 0) is 45.2 Å². The van der Waals surface area contributed by atoms with Crippen LogP contribution in [0.4, 0.5) is 0 Å². The molecule has 1 atom stereocenters. The summed E-state index contributed by atoms with van der Waals surface area (Å²) in [6, 6.07) is 0.949. The molecule has 1 saturated carbocycles. The van der Waals surface area contributed by atoms with Crippen LogP contribution in [-0.2, 0) is 0 Å². The van der Waals surface area contributed by atoms with Crippen LogP contribution in [0, 0.1) is 5.92 Å². The van der Waals surface area contributed by atoms with Crippen molar-refractivity contribution in [2.24, 2.45) is 5.92 Å². The second-order valence-electron chi connectivity index (χ2n) is 4.59. The van der Waals surface area contributed by atoms with Gasteiger partial charge in [0.25, 0.3) is 0 Å². The van der Waals surface area contributed by atoms with Gasteiger partial charge in [0.15, 0.2) is 0 Å². The van der Waals surface area contributed by atoms with E-state index in [2.05, 4.69) is 11.9 Å². The fourth-order valence-electron chi connectivity index (χ4n) is 3.05. The smallest absolute Gasteiger partial charge is 0.0121 e. The lowest BCUT2D eigenvalue weighted by Crippen LogP contribution is -2.33. The van der Waals surface area contributed by atoms with E-state index in [4.69, 9.17) is 0 Å². The van der Waals surface area contributed by atoms with Crippen molar-refractivity contribution in [3.63, 3.8) is 0 Å². The van der Waals surface area contributed by atoms with E-state index in [0.717, 1.165) is 12.0 Å². The highest BCUT2D eigenvalue weighted by atomic mass is 15.1.